The van der Waals surface area contributed by atoms with Crippen LogP contribution in [0.5, 0.6) is 0 Å². The molecule has 0 aliphatic heterocycles. The predicted octanol–water partition coefficient (Wildman–Crippen LogP) is 2.39. The molecule has 1 heterocycles. The van der Waals surface area contributed by atoms with Crippen LogP contribution in [0.15, 0.2) is 41.6 Å². The van der Waals surface area contributed by atoms with Gasteiger partial charge in [-0.2, -0.15) is 0 Å². The van der Waals surface area contributed by atoms with Crippen molar-refractivity contribution in [2.75, 3.05) is 0 Å². The molecule has 0 saturated carbocycles. The zero-order valence-corrected chi connectivity index (χ0v) is 9.23. The lowest BCUT2D eigenvalue weighted by atomic mass is 10.0. The van der Waals surface area contributed by atoms with Gasteiger partial charge in [-0.25, -0.2) is 4.98 Å². The van der Waals surface area contributed by atoms with Gasteiger partial charge in [-0.1, -0.05) is 37.6 Å². The summed E-state index contributed by atoms with van der Waals surface area (Å²) >= 11 is 0. The van der Waals surface area contributed by atoms with Crippen LogP contribution in [0.2, 0.25) is 0 Å². The molecule has 2 aromatic rings. The lowest BCUT2D eigenvalue weighted by molar-refractivity contribution is 0.922. The molecule has 1 aromatic heterocycles. The van der Waals surface area contributed by atoms with E-state index in [2.05, 4.69) is 29.0 Å². The molecule has 0 atom stereocenters. The van der Waals surface area contributed by atoms with Crippen LogP contribution in [0.25, 0.3) is 11.1 Å². The second-order valence-electron chi connectivity index (χ2n) is 3.74. The molecule has 1 N–H and O–H groups in total. The average molecular weight is 214 g/mol. The molecule has 0 fully saturated rings. The number of H-pyrrole nitrogens is 1. The minimum Gasteiger partial charge on any atom is -0.313 e. The van der Waals surface area contributed by atoms with Gasteiger partial charge in [-0.3, -0.25) is 4.79 Å². The van der Waals surface area contributed by atoms with Gasteiger partial charge in [0.1, 0.15) is 0 Å². The van der Waals surface area contributed by atoms with E-state index in [0.29, 0.717) is 5.56 Å². The molecular formula is C13H14N2O. The summed E-state index contributed by atoms with van der Waals surface area (Å²) in [6, 6.07) is 8.06. The molecule has 0 radical (unpaired) electrons. The number of hydrogen-bond acceptors (Lipinski definition) is 2. The summed E-state index contributed by atoms with van der Waals surface area (Å²) in [6.07, 6.45) is 5.20. The molecule has 0 aliphatic rings. The van der Waals surface area contributed by atoms with Crippen LogP contribution < -0.4 is 5.56 Å². The molecular weight excluding hydrogens is 200 g/mol. The highest BCUT2D eigenvalue weighted by Crippen LogP contribution is 2.15. The standard InChI is InChI=1S/C13H14N2O/c1-2-3-10-4-6-11(7-5-10)12-8-14-9-15-13(12)16/h4-9H,2-3H2,1H3,(H,14,15,16). The van der Waals surface area contributed by atoms with E-state index >= 15 is 0 Å². The van der Waals surface area contributed by atoms with Crippen molar-refractivity contribution in [1.82, 2.24) is 9.97 Å². The van der Waals surface area contributed by atoms with Crippen LogP contribution in [0.3, 0.4) is 0 Å². The molecule has 16 heavy (non-hydrogen) atoms. The maximum Gasteiger partial charge on any atom is 0.258 e. The number of aryl methyl sites for hydroxylation is 1. The van der Waals surface area contributed by atoms with Gasteiger partial charge in [0.2, 0.25) is 0 Å². The first-order valence-electron chi connectivity index (χ1n) is 5.43. The SMILES string of the molecule is CCCc1ccc(-c2cnc[nH]c2=O)cc1. The summed E-state index contributed by atoms with van der Waals surface area (Å²) in [5.41, 5.74) is 2.73. The second kappa shape index (κ2) is 4.75. The van der Waals surface area contributed by atoms with Gasteiger partial charge >= 0.3 is 0 Å². The van der Waals surface area contributed by atoms with Gasteiger partial charge in [-0.05, 0) is 17.5 Å². The van der Waals surface area contributed by atoms with Crippen LogP contribution in [0.1, 0.15) is 18.9 Å². The van der Waals surface area contributed by atoms with E-state index in [1.54, 1.807) is 6.20 Å². The third-order valence-corrected chi connectivity index (χ3v) is 2.52. The molecule has 3 nitrogen and oxygen atoms in total. The number of nitrogens with zero attached hydrogens (tertiary/aromatic N) is 1. The van der Waals surface area contributed by atoms with Crippen molar-refractivity contribution in [3.8, 4) is 11.1 Å². The molecule has 1 aromatic carbocycles. The largest absolute Gasteiger partial charge is 0.313 e. The van der Waals surface area contributed by atoms with Gasteiger partial charge in [0, 0.05) is 6.20 Å². The quantitative estimate of drug-likeness (QED) is 0.852. The Labute approximate surface area is 94.2 Å². The summed E-state index contributed by atoms with van der Waals surface area (Å²) in [4.78, 5) is 18.0. The first-order valence-corrected chi connectivity index (χ1v) is 5.43. The fourth-order valence-electron chi connectivity index (χ4n) is 1.69. The lowest BCUT2D eigenvalue weighted by Crippen LogP contribution is -2.08. The first kappa shape index (κ1) is 10.6. The van der Waals surface area contributed by atoms with E-state index in [9.17, 15) is 4.79 Å². The summed E-state index contributed by atoms with van der Waals surface area (Å²) in [5, 5.41) is 0. The minimum atomic E-state index is -0.0989. The molecule has 0 aliphatic carbocycles. The van der Waals surface area contributed by atoms with E-state index in [4.69, 9.17) is 0 Å². The lowest BCUT2D eigenvalue weighted by Gasteiger charge is -2.02. The third-order valence-electron chi connectivity index (χ3n) is 2.52. The van der Waals surface area contributed by atoms with E-state index in [1.807, 2.05) is 12.1 Å². The van der Waals surface area contributed by atoms with E-state index in [1.165, 1.54) is 11.9 Å². The van der Waals surface area contributed by atoms with Crippen molar-refractivity contribution < 1.29 is 0 Å². The molecule has 82 valence electrons. The number of aromatic nitrogens is 2. The third kappa shape index (κ3) is 2.19. The van der Waals surface area contributed by atoms with E-state index < -0.39 is 0 Å². The maximum atomic E-state index is 11.5. The molecule has 0 saturated heterocycles. The number of rotatable bonds is 3. The van der Waals surface area contributed by atoms with Crippen molar-refractivity contribution in [2.24, 2.45) is 0 Å². The molecule has 0 bridgehead atoms. The Balaban J connectivity index is 2.35. The Hall–Kier alpha value is -1.90. The van der Waals surface area contributed by atoms with Crippen LogP contribution in [0, 0.1) is 0 Å². The maximum absolute atomic E-state index is 11.5. The first-order chi connectivity index (χ1) is 7.81. The number of hydrogen-bond donors (Lipinski definition) is 1. The monoisotopic (exact) mass is 214 g/mol. The van der Waals surface area contributed by atoms with Crippen molar-refractivity contribution in [1.29, 1.82) is 0 Å². The highest BCUT2D eigenvalue weighted by molar-refractivity contribution is 5.61. The Morgan fingerprint density at radius 3 is 2.62 bits per heavy atom. The summed E-state index contributed by atoms with van der Waals surface area (Å²) in [7, 11) is 0. The molecule has 2 rings (SSSR count). The topological polar surface area (TPSA) is 45.8 Å². The van der Waals surface area contributed by atoms with E-state index in [-0.39, 0.29) is 5.56 Å². The van der Waals surface area contributed by atoms with Crippen molar-refractivity contribution in [3.05, 3.63) is 52.7 Å². The number of nitrogens with one attached hydrogen (secondary N) is 1. The highest BCUT2D eigenvalue weighted by Gasteiger charge is 2.02. The molecule has 0 spiro atoms. The van der Waals surface area contributed by atoms with Crippen molar-refractivity contribution in [3.63, 3.8) is 0 Å². The van der Waals surface area contributed by atoms with Gasteiger partial charge in [0.25, 0.3) is 5.56 Å². The van der Waals surface area contributed by atoms with Gasteiger partial charge in [0.15, 0.2) is 0 Å². The van der Waals surface area contributed by atoms with E-state index in [0.717, 1.165) is 18.4 Å². The summed E-state index contributed by atoms with van der Waals surface area (Å²) in [5.74, 6) is 0. The summed E-state index contributed by atoms with van der Waals surface area (Å²) in [6.45, 7) is 2.15. The second-order valence-corrected chi connectivity index (χ2v) is 3.74. The Morgan fingerprint density at radius 2 is 2.00 bits per heavy atom. The van der Waals surface area contributed by atoms with Crippen LogP contribution >= 0.6 is 0 Å². The number of aromatic amines is 1. The Bertz CT molecular complexity index is 514. The molecule has 0 amide bonds. The Kier molecular flexibility index (Phi) is 3.15. The number of benzene rings is 1. The zero-order valence-electron chi connectivity index (χ0n) is 9.23. The van der Waals surface area contributed by atoms with Gasteiger partial charge < -0.3 is 4.98 Å². The zero-order chi connectivity index (χ0) is 11.4. The van der Waals surface area contributed by atoms with Crippen molar-refractivity contribution in [2.45, 2.75) is 19.8 Å². The highest BCUT2D eigenvalue weighted by atomic mass is 16.1. The summed E-state index contributed by atoms with van der Waals surface area (Å²) < 4.78 is 0. The molecule has 0 unspecified atom stereocenters. The van der Waals surface area contributed by atoms with Crippen molar-refractivity contribution >= 4 is 0 Å². The fourth-order valence-corrected chi connectivity index (χ4v) is 1.69. The Morgan fingerprint density at radius 1 is 1.25 bits per heavy atom. The average Bonchev–Trinajstić information content (AvgIpc) is 2.31. The normalized spacial score (nSPS) is 10.3. The van der Waals surface area contributed by atoms with Gasteiger partial charge in [-0.15, -0.1) is 0 Å². The van der Waals surface area contributed by atoms with Crippen LogP contribution in [-0.2, 0) is 6.42 Å². The smallest absolute Gasteiger partial charge is 0.258 e. The minimum absolute atomic E-state index is 0.0989. The van der Waals surface area contributed by atoms with Crippen LogP contribution in [-0.4, -0.2) is 9.97 Å². The predicted molar refractivity (Wildman–Crippen MR) is 64.3 cm³/mol. The van der Waals surface area contributed by atoms with Crippen LogP contribution in [0.4, 0.5) is 0 Å². The van der Waals surface area contributed by atoms with Gasteiger partial charge in [0.05, 0.1) is 11.9 Å². The fraction of sp³-hybridized carbons (Fsp3) is 0.231. The molecule has 3 heteroatoms.